The Morgan fingerprint density at radius 2 is 1.80 bits per heavy atom. The summed E-state index contributed by atoms with van der Waals surface area (Å²) in [6, 6.07) is 18.7. The molecule has 0 aliphatic heterocycles. The average molecular weight is 602 g/mol. The summed E-state index contributed by atoms with van der Waals surface area (Å²) in [5.74, 6) is 1.33. The standard InChI is InChI=1S/C32H31N11S/c1-42-20-24(17-39-42)28-18-37-30(19-36-28)43(21-35-15-22-5-3-2-4-6-22)26-9-7-25(8-10-26)40-32-38-16-23(13-33)31(41-32)29-12-11-27(14-34)44-29/h2-6,11-12,16-20,25-26,35H,7-10,15,21H2,1H3,(H,38,40,41). The van der Waals surface area contributed by atoms with Crippen LogP contribution in [-0.4, -0.2) is 48.5 Å². The van der Waals surface area contributed by atoms with Gasteiger partial charge in [-0.05, 0) is 43.4 Å². The van der Waals surface area contributed by atoms with Crippen LogP contribution in [0.25, 0.3) is 21.8 Å². The summed E-state index contributed by atoms with van der Waals surface area (Å²) in [7, 11) is 1.89. The molecular formula is C32H31N11S. The van der Waals surface area contributed by atoms with Gasteiger partial charge >= 0.3 is 0 Å². The van der Waals surface area contributed by atoms with Crippen LogP contribution in [0.2, 0.25) is 0 Å². The maximum Gasteiger partial charge on any atom is 0.223 e. The first-order valence-electron chi connectivity index (χ1n) is 14.5. The van der Waals surface area contributed by atoms with Crippen molar-refractivity contribution in [3.05, 3.63) is 89.5 Å². The molecule has 1 fully saturated rings. The number of hydrogen-bond acceptors (Lipinski definition) is 11. The number of nitrogens with zero attached hydrogens (tertiary/aromatic N) is 9. The maximum absolute atomic E-state index is 9.60. The van der Waals surface area contributed by atoms with Crippen molar-refractivity contribution >= 4 is 23.1 Å². The summed E-state index contributed by atoms with van der Waals surface area (Å²) in [4.78, 5) is 22.3. The number of hydrogen-bond donors (Lipinski definition) is 2. The quantitative estimate of drug-likeness (QED) is 0.207. The van der Waals surface area contributed by atoms with E-state index in [9.17, 15) is 10.5 Å². The van der Waals surface area contributed by atoms with E-state index >= 15 is 0 Å². The Morgan fingerprint density at radius 1 is 0.955 bits per heavy atom. The normalized spacial score (nSPS) is 16.2. The summed E-state index contributed by atoms with van der Waals surface area (Å²) < 4.78 is 1.76. The van der Waals surface area contributed by atoms with E-state index in [0.29, 0.717) is 28.8 Å². The van der Waals surface area contributed by atoms with Crippen molar-refractivity contribution in [3.63, 3.8) is 0 Å². The number of thiophene rings is 1. The van der Waals surface area contributed by atoms with Crippen molar-refractivity contribution in [1.29, 1.82) is 10.5 Å². The summed E-state index contributed by atoms with van der Waals surface area (Å²) in [6.45, 7) is 1.40. The Hall–Kier alpha value is -5.17. The fraction of sp³-hybridized carbons (Fsp3) is 0.281. The van der Waals surface area contributed by atoms with Crippen LogP contribution >= 0.6 is 11.3 Å². The maximum atomic E-state index is 9.60. The van der Waals surface area contributed by atoms with Gasteiger partial charge in [0.25, 0.3) is 0 Å². The molecule has 0 saturated heterocycles. The van der Waals surface area contributed by atoms with Gasteiger partial charge < -0.3 is 10.2 Å². The molecule has 0 atom stereocenters. The van der Waals surface area contributed by atoms with E-state index in [4.69, 9.17) is 9.97 Å². The highest BCUT2D eigenvalue weighted by Crippen LogP contribution is 2.31. The molecule has 1 aliphatic rings. The molecule has 6 rings (SSSR count). The summed E-state index contributed by atoms with van der Waals surface area (Å²) in [5.41, 5.74) is 3.89. The Kier molecular flexibility index (Phi) is 8.82. The Balaban J connectivity index is 1.14. The second-order valence-corrected chi connectivity index (χ2v) is 11.8. The van der Waals surface area contributed by atoms with Crippen molar-refractivity contribution in [2.75, 3.05) is 16.9 Å². The molecule has 0 spiro atoms. The molecule has 1 aromatic carbocycles. The summed E-state index contributed by atoms with van der Waals surface area (Å²) >= 11 is 1.32. The average Bonchev–Trinajstić information content (AvgIpc) is 3.74. The van der Waals surface area contributed by atoms with Crippen molar-refractivity contribution in [2.45, 2.75) is 44.3 Å². The van der Waals surface area contributed by atoms with Crippen molar-refractivity contribution < 1.29 is 0 Å². The van der Waals surface area contributed by atoms with Crippen LogP contribution in [0.1, 0.15) is 41.7 Å². The molecule has 1 aliphatic carbocycles. The lowest BCUT2D eigenvalue weighted by atomic mass is 9.90. The fourth-order valence-electron chi connectivity index (χ4n) is 5.45. The number of rotatable bonds is 10. The van der Waals surface area contributed by atoms with Gasteiger partial charge in [-0.3, -0.25) is 15.0 Å². The molecule has 0 bridgehead atoms. The molecule has 0 unspecified atom stereocenters. The van der Waals surface area contributed by atoms with E-state index in [1.54, 1.807) is 23.1 Å². The number of aryl methyl sites for hydroxylation is 1. The van der Waals surface area contributed by atoms with Crippen molar-refractivity contribution in [1.82, 2.24) is 35.0 Å². The van der Waals surface area contributed by atoms with E-state index in [-0.39, 0.29) is 12.1 Å². The first-order valence-corrected chi connectivity index (χ1v) is 15.3. The number of nitrogens with one attached hydrogen (secondary N) is 2. The molecule has 12 heteroatoms. The van der Waals surface area contributed by atoms with Gasteiger partial charge in [-0.1, -0.05) is 30.3 Å². The Morgan fingerprint density at radius 3 is 2.48 bits per heavy atom. The molecule has 44 heavy (non-hydrogen) atoms. The lowest BCUT2D eigenvalue weighted by Gasteiger charge is -2.38. The topological polar surface area (TPSA) is 144 Å². The molecule has 0 radical (unpaired) electrons. The van der Waals surface area contributed by atoms with Gasteiger partial charge in [-0.2, -0.15) is 15.6 Å². The van der Waals surface area contributed by atoms with Gasteiger partial charge in [0.2, 0.25) is 5.95 Å². The number of aromatic nitrogens is 6. The number of benzene rings is 1. The smallest absolute Gasteiger partial charge is 0.223 e. The van der Waals surface area contributed by atoms with Crippen LogP contribution in [0.4, 0.5) is 11.8 Å². The molecule has 0 amide bonds. The van der Waals surface area contributed by atoms with Crippen LogP contribution in [0.3, 0.4) is 0 Å². The highest BCUT2D eigenvalue weighted by molar-refractivity contribution is 7.16. The number of anilines is 2. The third-order valence-electron chi connectivity index (χ3n) is 7.72. The Labute approximate surface area is 259 Å². The minimum Gasteiger partial charge on any atom is -0.351 e. The van der Waals surface area contributed by atoms with Crippen LogP contribution in [0.5, 0.6) is 0 Å². The Bertz CT molecular complexity index is 1780. The van der Waals surface area contributed by atoms with Gasteiger partial charge in [0.05, 0.1) is 47.6 Å². The lowest BCUT2D eigenvalue weighted by Crippen LogP contribution is -2.45. The largest absolute Gasteiger partial charge is 0.351 e. The van der Waals surface area contributed by atoms with Crippen LogP contribution in [0.15, 0.2) is 73.4 Å². The molecule has 4 aromatic heterocycles. The minimum atomic E-state index is 0.197. The lowest BCUT2D eigenvalue weighted by molar-refractivity contribution is 0.379. The van der Waals surface area contributed by atoms with Crippen LogP contribution in [0, 0.1) is 22.7 Å². The molecule has 11 nitrogen and oxygen atoms in total. The molecule has 2 N–H and O–H groups in total. The highest BCUT2D eigenvalue weighted by Gasteiger charge is 2.28. The van der Waals surface area contributed by atoms with E-state index in [1.165, 1.54) is 16.9 Å². The van der Waals surface area contributed by atoms with E-state index in [1.807, 2.05) is 37.8 Å². The summed E-state index contributed by atoms with van der Waals surface area (Å²) in [6.07, 6.45) is 12.7. The molecule has 4 heterocycles. The second-order valence-electron chi connectivity index (χ2n) is 10.7. The third kappa shape index (κ3) is 6.73. The number of nitriles is 2. The van der Waals surface area contributed by atoms with Gasteiger partial charge in [0.15, 0.2) is 0 Å². The predicted octanol–water partition coefficient (Wildman–Crippen LogP) is 5.12. The monoisotopic (exact) mass is 601 g/mol. The minimum absolute atomic E-state index is 0.197. The van der Waals surface area contributed by atoms with E-state index in [0.717, 1.165) is 54.2 Å². The zero-order valence-electron chi connectivity index (χ0n) is 24.3. The van der Waals surface area contributed by atoms with Crippen molar-refractivity contribution in [2.24, 2.45) is 7.05 Å². The fourth-order valence-corrected chi connectivity index (χ4v) is 6.25. The van der Waals surface area contributed by atoms with Gasteiger partial charge in [0.1, 0.15) is 28.5 Å². The highest BCUT2D eigenvalue weighted by atomic mass is 32.1. The van der Waals surface area contributed by atoms with Gasteiger partial charge in [-0.25, -0.2) is 15.0 Å². The van der Waals surface area contributed by atoms with E-state index < -0.39 is 0 Å². The molecule has 1 saturated carbocycles. The SMILES string of the molecule is Cn1cc(-c2cnc(N(CNCc3ccccc3)C3CCC(Nc4ncc(C#N)c(-c5ccc(C#N)s5)n4)CC3)cn2)cn1. The first kappa shape index (κ1) is 28.9. The second kappa shape index (κ2) is 13.4. The zero-order chi connectivity index (χ0) is 30.3. The molecule has 5 aromatic rings. The summed E-state index contributed by atoms with van der Waals surface area (Å²) in [5, 5.41) is 30.2. The molecular weight excluding hydrogens is 570 g/mol. The third-order valence-corrected chi connectivity index (χ3v) is 8.71. The van der Waals surface area contributed by atoms with E-state index in [2.05, 4.69) is 67.0 Å². The first-order chi connectivity index (χ1) is 21.6. The zero-order valence-corrected chi connectivity index (χ0v) is 25.1. The van der Waals surface area contributed by atoms with Crippen LogP contribution in [-0.2, 0) is 13.6 Å². The van der Waals surface area contributed by atoms with Gasteiger partial charge in [-0.15, -0.1) is 11.3 Å². The predicted molar refractivity (Wildman–Crippen MR) is 169 cm³/mol. The van der Waals surface area contributed by atoms with Gasteiger partial charge in [0, 0.05) is 37.4 Å². The van der Waals surface area contributed by atoms with Crippen molar-refractivity contribution in [3.8, 4) is 34.0 Å². The van der Waals surface area contributed by atoms with Crippen LogP contribution < -0.4 is 15.5 Å². The molecule has 220 valence electrons.